The van der Waals surface area contributed by atoms with Crippen LogP contribution in [0.15, 0.2) is 18.2 Å². The summed E-state index contributed by atoms with van der Waals surface area (Å²) >= 11 is 6.09. The van der Waals surface area contributed by atoms with Gasteiger partial charge in [-0.15, -0.1) is 0 Å². The predicted molar refractivity (Wildman–Crippen MR) is 84.4 cm³/mol. The Morgan fingerprint density at radius 1 is 1.45 bits per heavy atom. The summed E-state index contributed by atoms with van der Waals surface area (Å²) in [6.07, 6.45) is 3.29. The van der Waals surface area contributed by atoms with E-state index >= 15 is 0 Å². The molecule has 1 aromatic rings. The van der Waals surface area contributed by atoms with Gasteiger partial charge in [0.25, 0.3) is 0 Å². The zero-order chi connectivity index (χ0) is 14.7. The fourth-order valence-electron chi connectivity index (χ4n) is 2.16. The highest BCUT2D eigenvalue weighted by Crippen LogP contribution is 2.29. The number of nitrogens with zero attached hydrogens (tertiary/aromatic N) is 1. The molecular weight excluding hydrogens is 272 g/mol. The second kappa shape index (κ2) is 6.49. The molecular formula is C16H23ClN2O. The largest absolute Gasteiger partial charge is 0.322 e. The molecule has 0 unspecified atom stereocenters. The van der Waals surface area contributed by atoms with Gasteiger partial charge in [0.15, 0.2) is 0 Å². The predicted octanol–water partition coefficient (Wildman–Crippen LogP) is 4.69. The zero-order valence-electron chi connectivity index (χ0n) is 12.4. The summed E-state index contributed by atoms with van der Waals surface area (Å²) in [5, 5.41) is 3.68. The molecule has 4 heteroatoms. The molecule has 0 radical (unpaired) electrons. The second-order valence-corrected chi connectivity index (χ2v) is 6.36. The van der Waals surface area contributed by atoms with Crippen LogP contribution in [0.5, 0.6) is 0 Å². The number of halogens is 1. The van der Waals surface area contributed by atoms with Crippen LogP contribution in [0.4, 0.5) is 10.5 Å². The Hall–Kier alpha value is -1.22. The fourth-order valence-corrected chi connectivity index (χ4v) is 2.34. The van der Waals surface area contributed by atoms with Gasteiger partial charge in [-0.2, -0.15) is 0 Å². The lowest BCUT2D eigenvalue weighted by molar-refractivity contribution is 0.205. The Kier molecular flexibility index (Phi) is 4.92. The van der Waals surface area contributed by atoms with Gasteiger partial charge in [0.05, 0.1) is 0 Å². The molecule has 2 rings (SSSR count). The van der Waals surface area contributed by atoms with Crippen LogP contribution in [0.1, 0.15) is 38.7 Å². The minimum atomic E-state index is -0.00137. The Morgan fingerprint density at radius 2 is 2.15 bits per heavy atom. The SMILES string of the molecule is Cc1c(Cl)cccc1NC(=O)N(CCC(C)C)C1CC1. The van der Waals surface area contributed by atoms with Crippen LogP contribution >= 0.6 is 11.6 Å². The first-order valence-electron chi connectivity index (χ1n) is 7.31. The Labute approximate surface area is 126 Å². The number of hydrogen-bond donors (Lipinski definition) is 1. The van der Waals surface area contributed by atoms with Gasteiger partial charge in [0.2, 0.25) is 0 Å². The fraction of sp³-hybridized carbons (Fsp3) is 0.562. The van der Waals surface area contributed by atoms with E-state index in [1.165, 1.54) is 0 Å². The molecule has 0 saturated heterocycles. The zero-order valence-corrected chi connectivity index (χ0v) is 13.2. The van der Waals surface area contributed by atoms with Crippen LogP contribution < -0.4 is 5.32 Å². The maximum atomic E-state index is 12.4. The van der Waals surface area contributed by atoms with Crippen LogP contribution in [0.3, 0.4) is 0 Å². The monoisotopic (exact) mass is 294 g/mol. The van der Waals surface area contributed by atoms with Crippen molar-refractivity contribution in [3.63, 3.8) is 0 Å². The summed E-state index contributed by atoms with van der Waals surface area (Å²) in [6.45, 7) is 7.12. The molecule has 0 aromatic heterocycles. The van der Waals surface area contributed by atoms with Gasteiger partial charge >= 0.3 is 6.03 Å². The van der Waals surface area contributed by atoms with Gasteiger partial charge in [-0.25, -0.2) is 4.79 Å². The number of nitrogens with one attached hydrogen (secondary N) is 1. The first kappa shape index (κ1) is 15.2. The summed E-state index contributed by atoms with van der Waals surface area (Å²) < 4.78 is 0. The Morgan fingerprint density at radius 3 is 2.75 bits per heavy atom. The second-order valence-electron chi connectivity index (χ2n) is 5.95. The van der Waals surface area contributed by atoms with Gasteiger partial charge in [-0.3, -0.25) is 0 Å². The van der Waals surface area contributed by atoms with Crippen LogP contribution in [0.25, 0.3) is 0 Å². The van der Waals surface area contributed by atoms with E-state index in [0.29, 0.717) is 17.0 Å². The highest BCUT2D eigenvalue weighted by Gasteiger charge is 2.32. The van der Waals surface area contributed by atoms with Crippen molar-refractivity contribution in [1.29, 1.82) is 0 Å². The van der Waals surface area contributed by atoms with Gasteiger partial charge in [-0.05, 0) is 49.8 Å². The van der Waals surface area contributed by atoms with E-state index in [-0.39, 0.29) is 6.03 Å². The standard InChI is InChI=1S/C16H23ClN2O/c1-11(2)9-10-19(13-7-8-13)16(20)18-15-6-4-5-14(17)12(15)3/h4-6,11,13H,7-10H2,1-3H3,(H,18,20). The molecule has 0 bridgehead atoms. The summed E-state index contributed by atoms with van der Waals surface area (Å²) in [5.41, 5.74) is 1.72. The molecule has 1 aliphatic rings. The van der Waals surface area contributed by atoms with E-state index in [2.05, 4.69) is 19.2 Å². The van der Waals surface area contributed by atoms with E-state index in [9.17, 15) is 4.79 Å². The molecule has 1 N–H and O–H groups in total. The van der Waals surface area contributed by atoms with E-state index < -0.39 is 0 Å². The summed E-state index contributed by atoms with van der Waals surface area (Å²) in [6, 6.07) is 6.02. The Balaban J connectivity index is 2.02. The molecule has 1 aliphatic carbocycles. The molecule has 0 aliphatic heterocycles. The summed E-state index contributed by atoms with van der Waals surface area (Å²) in [7, 11) is 0. The molecule has 1 fully saturated rings. The third-order valence-electron chi connectivity index (χ3n) is 3.71. The van der Waals surface area contributed by atoms with Gasteiger partial charge < -0.3 is 10.2 Å². The van der Waals surface area contributed by atoms with Crippen molar-refractivity contribution in [3.05, 3.63) is 28.8 Å². The van der Waals surface area contributed by atoms with Crippen molar-refractivity contribution in [2.45, 2.75) is 46.1 Å². The number of urea groups is 1. The maximum Gasteiger partial charge on any atom is 0.322 e. The smallest absolute Gasteiger partial charge is 0.322 e. The average molecular weight is 295 g/mol. The van der Waals surface area contributed by atoms with Gasteiger partial charge in [0, 0.05) is 23.3 Å². The van der Waals surface area contributed by atoms with Crippen molar-refractivity contribution < 1.29 is 4.79 Å². The molecule has 1 aromatic carbocycles. The molecule has 20 heavy (non-hydrogen) atoms. The first-order chi connectivity index (χ1) is 9.49. The number of carbonyl (C=O) groups is 1. The van der Waals surface area contributed by atoms with Crippen LogP contribution in [-0.2, 0) is 0 Å². The molecule has 0 heterocycles. The van der Waals surface area contributed by atoms with Gasteiger partial charge in [-0.1, -0.05) is 31.5 Å². The number of anilines is 1. The molecule has 110 valence electrons. The van der Waals surface area contributed by atoms with Crippen molar-refractivity contribution in [1.82, 2.24) is 4.90 Å². The number of hydrogen-bond acceptors (Lipinski definition) is 1. The average Bonchev–Trinajstić information content (AvgIpc) is 3.19. The van der Waals surface area contributed by atoms with E-state index in [1.807, 2.05) is 30.0 Å². The topological polar surface area (TPSA) is 32.3 Å². The lowest BCUT2D eigenvalue weighted by atomic mass is 10.1. The molecule has 0 spiro atoms. The lowest BCUT2D eigenvalue weighted by Crippen LogP contribution is -2.38. The van der Waals surface area contributed by atoms with Crippen molar-refractivity contribution in [3.8, 4) is 0 Å². The first-order valence-corrected chi connectivity index (χ1v) is 7.69. The number of rotatable bonds is 5. The van der Waals surface area contributed by atoms with Crippen molar-refractivity contribution in [2.24, 2.45) is 5.92 Å². The number of carbonyl (C=O) groups excluding carboxylic acids is 1. The molecule has 1 saturated carbocycles. The van der Waals surface area contributed by atoms with Crippen molar-refractivity contribution in [2.75, 3.05) is 11.9 Å². The maximum absolute atomic E-state index is 12.4. The summed E-state index contributed by atoms with van der Waals surface area (Å²) in [4.78, 5) is 14.4. The highest BCUT2D eigenvalue weighted by molar-refractivity contribution is 6.31. The number of benzene rings is 1. The van der Waals surface area contributed by atoms with E-state index in [0.717, 1.165) is 37.1 Å². The third kappa shape index (κ3) is 3.89. The molecule has 0 atom stereocenters. The van der Waals surface area contributed by atoms with Gasteiger partial charge in [0.1, 0.15) is 0 Å². The normalized spacial score (nSPS) is 14.4. The highest BCUT2D eigenvalue weighted by atomic mass is 35.5. The lowest BCUT2D eigenvalue weighted by Gasteiger charge is -2.24. The minimum Gasteiger partial charge on any atom is -0.322 e. The summed E-state index contributed by atoms with van der Waals surface area (Å²) in [5.74, 6) is 0.608. The van der Waals surface area contributed by atoms with E-state index in [4.69, 9.17) is 11.6 Å². The van der Waals surface area contributed by atoms with Crippen LogP contribution in [-0.4, -0.2) is 23.5 Å². The Bertz CT molecular complexity index is 483. The quantitative estimate of drug-likeness (QED) is 0.839. The van der Waals surface area contributed by atoms with Crippen LogP contribution in [0.2, 0.25) is 5.02 Å². The third-order valence-corrected chi connectivity index (χ3v) is 4.11. The van der Waals surface area contributed by atoms with Crippen LogP contribution in [0, 0.1) is 12.8 Å². The van der Waals surface area contributed by atoms with Crippen molar-refractivity contribution >= 4 is 23.3 Å². The molecule has 2 amide bonds. The minimum absolute atomic E-state index is 0.00137. The molecule has 3 nitrogen and oxygen atoms in total. The van der Waals surface area contributed by atoms with E-state index in [1.54, 1.807) is 0 Å². The number of amides is 2.